The van der Waals surface area contributed by atoms with E-state index in [4.69, 9.17) is 11.6 Å². The van der Waals surface area contributed by atoms with E-state index in [-0.39, 0.29) is 5.91 Å². The van der Waals surface area contributed by atoms with E-state index in [0.29, 0.717) is 22.2 Å². The number of aryl methyl sites for hydroxylation is 1. The Bertz CT molecular complexity index is 1450. The number of pyridine rings is 3. The van der Waals surface area contributed by atoms with Gasteiger partial charge in [-0.25, -0.2) is 4.98 Å². The number of nitrogens with one attached hydrogen (secondary N) is 1. The Labute approximate surface area is 187 Å². The number of hydrogen-bond acceptors (Lipinski definition) is 6. The normalized spacial score (nSPS) is 10.9. The number of carbonyl (C=O) groups excluding carboxylic acids is 1. The Morgan fingerprint density at radius 3 is 2.56 bits per heavy atom. The van der Waals surface area contributed by atoms with Crippen LogP contribution in [-0.2, 0) is 0 Å². The zero-order valence-electron chi connectivity index (χ0n) is 16.9. The predicted molar refractivity (Wildman–Crippen MR) is 122 cm³/mol. The minimum Gasteiger partial charge on any atom is -0.319 e. The fourth-order valence-corrected chi connectivity index (χ4v) is 3.71. The van der Waals surface area contributed by atoms with Crippen molar-refractivity contribution in [1.82, 2.24) is 29.9 Å². The number of aromatic nitrogens is 6. The van der Waals surface area contributed by atoms with Crippen molar-refractivity contribution >= 4 is 34.1 Å². The second kappa shape index (κ2) is 8.16. The molecule has 5 aromatic rings. The highest BCUT2D eigenvalue weighted by atomic mass is 35.5. The van der Waals surface area contributed by atoms with Crippen LogP contribution in [0.5, 0.6) is 0 Å². The van der Waals surface area contributed by atoms with Crippen LogP contribution in [-0.4, -0.2) is 35.9 Å². The van der Waals surface area contributed by atoms with Gasteiger partial charge in [-0.2, -0.15) is 10.2 Å². The van der Waals surface area contributed by atoms with Crippen LogP contribution >= 0.6 is 11.6 Å². The number of anilines is 1. The van der Waals surface area contributed by atoms with Crippen LogP contribution in [0, 0.1) is 6.92 Å². The minimum absolute atomic E-state index is 0.290. The predicted octanol–water partition coefficient (Wildman–Crippen LogP) is 4.49. The molecule has 4 aromatic heterocycles. The maximum atomic E-state index is 12.8. The summed E-state index contributed by atoms with van der Waals surface area (Å²) in [7, 11) is 0. The van der Waals surface area contributed by atoms with E-state index in [0.717, 1.165) is 27.6 Å². The lowest BCUT2D eigenvalue weighted by Crippen LogP contribution is -2.14. The van der Waals surface area contributed by atoms with Crippen molar-refractivity contribution in [2.45, 2.75) is 6.92 Å². The van der Waals surface area contributed by atoms with Crippen LogP contribution < -0.4 is 5.32 Å². The van der Waals surface area contributed by atoms with Crippen LogP contribution in [0.15, 0.2) is 73.4 Å². The zero-order valence-corrected chi connectivity index (χ0v) is 17.7. The molecule has 5 rings (SSSR count). The second-order valence-corrected chi connectivity index (χ2v) is 7.47. The summed E-state index contributed by atoms with van der Waals surface area (Å²) < 4.78 is 0. The largest absolute Gasteiger partial charge is 0.319 e. The van der Waals surface area contributed by atoms with Crippen molar-refractivity contribution < 1.29 is 4.79 Å². The summed E-state index contributed by atoms with van der Waals surface area (Å²) in [6.07, 6.45) is 8.03. The van der Waals surface area contributed by atoms with Crippen LogP contribution in [0.3, 0.4) is 0 Å². The summed E-state index contributed by atoms with van der Waals surface area (Å²) >= 11 is 6.28. The number of rotatable bonds is 4. The van der Waals surface area contributed by atoms with Crippen molar-refractivity contribution in [3.63, 3.8) is 0 Å². The van der Waals surface area contributed by atoms with Crippen LogP contribution in [0.2, 0.25) is 5.02 Å². The number of hydrogen-bond donors (Lipinski definition) is 1. The van der Waals surface area contributed by atoms with Gasteiger partial charge >= 0.3 is 0 Å². The topological polar surface area (TPSA) is 98.5 Å². The third-order valence-corrected chi connectivity index (χ3v) is 5.25. The van der Waals surface area contributed by atoms with E-state index in [2.05, 4.69) is 30.5 Å². The first-order valence-corrected chi connectivity index (χ1v) is 10.1. The molecule has 8 nitrogen and oxygen atoms in total. The number of benzene rings is 1. The van der Waals surface area contributed by atoms with E-state index in [9.17, 15) is 4.79 Å². The van der Waals surface area contributed by atoms with Gasteiger partial charge in [-0.1, -0.05) is 29.8 Å². The summed E-state index contributed by atoms with van der Waals surface area (Å²) in [6, 6.07) is 13.2. The molecule has 0 aliphatic heterocycles. The Kier molecular flexibility index (Phi) is 5.04. The van der Waals surface area contributed by atoms with Crippen molar-refractivity contribution in [1.29, 1.82) is 0 Å². The van der Waals surface area contributed by atoms with E-state index in [1.54, 1.807) is 24.5 Å². The molecule has 0 aliphatic carbocycles. The van der Waals surface area contributed by atoms with Crippen LogP contribution in [0.4, 0.5) is 5.69 Å². The number of halogens is 1. The van der Waals surface area contributed by atoms with E-state index >= 15 is 0 Å². The molecule has 9 heteroatoms. The first kappa shape index (κ1) is 19.8. The minimum atomic E-state index is -0.359. The molecular weight excluding hydrogens is 426 g/mol. The molecule has 0 saturated carbocycles. The average Bonchev–Trinajstić information content (AvgIpc) is 3.33. The number of carbonyl (C=O) groups is 1. The summed E-state index contributed by atoms with van der Waals surface area (Å²) in [4.78, 5) is 27.1. The lowest BCUT2D eigenvalue weighted by molar-refractivity contribution is 0.102. The summed E-state index contributed by atoms with van der Waals surface area (Å²) in [5, 5.41) is 12.1. The molecule has 4 heterocycles. The van der Waals surface area contributed by atoms with Crippen molar-refractivity contribution in [2.24, 2.45) is 0 Å². The molecule has 1 N–H and O–H groups in total. The molecule has 0 saturated heterocycles. The highest BCUT2D eigenvalue weighted by Crippen LogP contribution is 2.30. The third kappa shape index (κ3) is 3.67. The van der Waals surface area contributed by atoms with Crippen molar-refractivity contribution in [3.05, 3.63) is 89.7 Å². The van der Waals surface area contributed by atoms with Crippen LogP contribution in [0.25, 0.3) is 27.8 Å². The van der Waals surface area contributed by atoms with E-state index in [1.807, 2.05) is 37.3 Å². The number of nitrogens with zero attached hydrogens (tertiary/aromatic N) is 6. The lowest BCUT2D eigenvalue weighted by atomic mass is 9.98. The fourth-order valence-electron chi connectivity index (χ4n) is 3.47. The Morgan fingerprint density at radius 2 is 1.78 bits per heavy atom. The Balaban J connectivity index is 1.41. The van der Waals surface area contributed by atoms with E-state index in [1.165, 1.54) is 23.4 Å². The zero-order chi connectivity index (χ0) is 22.1. The molecule has 0 atom stereocenters. The molecule has 0 unspecified atom stereocenters. The fraction of sp³-hybridized carbons (Fsp3) is 0.0435. The quantitative estimate of drug-likeness (QED) is 0.441. The molecule has 0 bridgehead atoms. The maximum Gasteiger partial charge on any atom is 0.274 e. The Hall–Kier alpha value is -4.17. The Morgan fingerprint density at radius 1 is 0.938 bits per heavy atom. The first-order valence-electron chi connectivity index (χ1n) is 9.74. The molecule has 32 heavy (non-hydrogen) atoms. The average molecular weight is 442 g/mol. The van der Waals surface area contributed by atoms with Gasteiger partial charge in [-0.3, -0.25) is 14.8 Å². The van der Waals surface area contributed by atoms with Crippen molar-refractivity contribution in [2.75, 3.05) is 5.32 Å². The van der Waals surface area contributed by atoms with Gasteiger partial charge < -0.3 is 5.32 Å². The number of amides is 1. The van der Waals surface area contributed by atoms with Crippen molar-refractivity contribution in [3.8, 4) is 16.9 Å². The van der Waals surface area contributed by atoms with Crippen LogP contribution in [0.1, 0.15) is 16.1 Å². The molecule has 0 aliphatic rings. The van der Waals surface area contributed by atoms with E-state index < -0.39 is 0 Å². The molecule has 1 amide bonds. The molecule has 0 radical (unpaired) electrons. The standard InChI is InChI=1S/C23H16ClN7O/c1-14-10-21(26-13-18(14)16-4-2-6-20-17(16)5-3-7-25-20)23(32)30-15-11-19(24)22(27-12-15)31-28-8-9-29-31/h2-13H,1H3,(H,30,32). The van der Waals surface area contributed by atoms with Gasteiger partial charge in [-0.05, 0) is 42.3 Å². The number of fused-ring (bicyclic) bond motifs is 1. The lowest BCUT2D eigenvalue weighted by Gasteiger charge is -2.11. The summed E-state index contributed by atoms with van der Waals surface area (Å²) in [5.41, 5.74) is 4.53. The molecule has 156 valence electrons. The third-order valence-electron chi connectivity index (χ3n) is 4.97. The van der Waals surface area contributed by atoms with Gasteiger partial charge in [0.05, 0.1) is 34.8 Å². The maximum absolute atomic E-state index is 12.8. The van der Waals surface area contributed by atoms with Gasteiger partial charge in [-0.15, -0.1) is 4.80 Å². The smallest absolute Gasteiger partial charge is 0.274 e. The van der Waals surface area contributed by atoms with Gasteiger partial charge in [0.1, 0.15) is 5.69 Å². The van der Waals surface area contributed by atoms with Gasteiger partial charge in [0.15, 0.2) is 5.82 Å². The van der Waals surface area contributed by atoms with Gasteiger partial charge in [0.2, 0.25) is 0 Å². The summed E-state index contributed by atoms with van der Waals surface area (Å²) in [5.74, 6) is 0.0135. The highest BCUT2D eigenvalue weighted by molar-refractivity contribution is 6.32. The molecule has 0 spiro atoms. The van der Waals surface area contributed by atoms with Gasteiger partial charge in [0.25, 0.3) is 5.91 Å². The van der Waals surface area contributed by atoms with Gasteiger partial charge in [0, 0.05) is 23.3 Å². The molecular formula is C23H16ClN7O. The molecule has 0 fully saturated rings. The highest BCUT2D eigenvalue weighted by Gasteiger charge is 2.14. The monoisotopic (exact) mass is 441 g/mol. The second-order valence-electron chi connectivity index (χ2n) is 7.06. The first-order chi connectivity index (χ1) is 15.6. The molecule has 1 aromatic carbocycles. The SMILES string of the molecule is Cc1cc(C(=O)Nc2cnc(-n3nccn3)c(Cl)c2)ncc1-c1cccc2ncccc12. The summed E-state index contributed by atoms with van der Waals surface area (Å²) in [6.45, 7) is 1.95.